The topological polar surface area (TPSA) is 81.0 Å². The second-order valence-corrected chi connectivity index (χ2v) is 5.37. The van der Waals surface area contributed by atoms with Crippen LogP contribution < -0.4 is 0 Å². The van der Waals surface area contributed by atoms with Crippen LogP contribution in [0.1, 0.15) is 31.2 Å². The van der Waals surface area contributed by atoms with Crippen LogP contribution in [0.25, 0.3) is 5.65 Å². The van der Waals surface area contributed by atoms with E-state index in [2.05, 4.69) is 4.98 Å². The number of benzene rings is 1. The Kier molecular flexibility index (Phi) is 3.10. The van der Waals surface area contributed by atoms with Crippen LogP contribution in [0, 0.1) is 0 Å². The monoisotopic (exact) mass is 341 g/mol. The standard InChI is InChI=1S/C16H8ClN3O4/c17-13-12(19-8-4-3-7-11(19)18-13)16(23)24-20-14(21)9-5-1-2-6-10(9)15(20)22/h1-8H. The number of fused-ring (bicyclic) bond motifs is 2. The second-order valence-electron chi connectivity index (χ2n) is 5.01. The van der Waals surface area contributed by atoms with Gasteiger partial charge in [-0.2, -0.15) is 0 Å². The molecule has 2 aromatic heterocycles. The number of hydroxylamine groups is 2. The largest absolute Gasteiger partial charge is 0.383 e. The van der Waals surface area contributed by atoms with Crippen LogP contribution >= 0.6 is 11.6 Å². The van der Waals surface area contributed by atoms with E-state index in [0.29, 0.717) is 10.7 Å². The number of imidazole rings is 1. The predicted octanol–water partition coefficient (Wildman–Crippen LogP) is 2.36. The minimum atomic E-state index is -0.951. The van der Waals surface area contributed by atoms with Crippen LogP contribution in [0.15, 0.2) is 48.7 Å². The van der Waals surface area contributed by atoms with E-state index in [0.717, 1.165) is 0 Å². The van der Waals surface area contributed by atoms with E-state index in [4.69, 9.17) is 16.4 Å². The molecule has 0 saturated heterocycles. The van der Waals surface area contributed by atoms with Gasteiger partial charge in [0, 0.05) is 6.20 Å². The molecule has 1 aromatic carbocycles. The summed E-state index contributed by atoms with van der Waals surface area (Å²) in [7, 11) is 0. The molecule has 4 rings (SSSR count). The summed E-state index contributed by atoms with van der Waals surface area (Å²) in [6, 6.07) is 11.3. The van der Waals surface area contributed by atoms with Crippen molar-refractivity contribution >= 4 is 35.0 Å². The first kappa shape index (κ1) is 14.4. The van der Waals surface area contributed by atoms with Crippen LogP contribution in [0.2, 0.25) is 5.15 Å². The van der Waals surface area contributed by atoms with Crippen LogP contribution in [0.3, 0.4) is 0 Å². The summed E-state index contributed by atoms with van der Waals surface area (Å²) in [5.74, 6) is -2.35. The minimum absolute atomic E-state index is 0.0659. The molecule has 0 aliphatic carbocycles. The molecule has 0 bridgehead atoms. The van der Waals surface area contributed by atoms with Crippen molar-refractivity contribution < 1.29 is 19.2 Å². The minimum Gasteiger partial charge on any atom is -0.322 e. The smallest absolute Gasteiger partial charge is 0.322 e. The maximum atomic E-state index is 12.4. The Bertz CT molecular complexity index is 992. The molecular formula is C16H8ClN3O4. The molecule has 0 N–H and O–H groups in total. The number of carbonyl (C=O) groups excluding carboxylic acids is 3. The normalized spacial score (nSPS) is 13.5. The average Bonchev–Trinajstić information content (AvgIpc) is 3.04. The van der Waals surface area contributed by atoms with Crippen molar-refractivity contribution in [3.8, 4) is 0 Å². The molecule has 0 unspecified atom stereocenters. The zero-order chi connectivity index (χ0) is 16.8. The molecule has 3 aromatic rings. The summed E-state index contributed by atoms with van der Waals surface area (Å²) in [6.07, 6.45) is 1.58. The molecule has 3 heterocycles. The van der Waals surface area contributed by atoms with Crippen molar-refractivity contribution in [3.63, 3.8) is 0 Å². The molecule has 0 atom stereocenters. The number of aromatic nitrogens is 2. The quantitative estimate of drug-likeness (QED) is 0.668. The zero-order valence-corrected chi connectivity index (χ0v) is 12.7. The number of halogens is 1. The number of imide groups is 1. The molecule has 0 radical (unpaired) electrons. The van der Waals surface area contributed by atoms with Gasteiger partial charge in [-0.15, -0.1) is 0 Å². The van der Waals surface area contributed by atoms with Gasteiger partial charge < -0.3 is 4.84 Å². The van der Waals surface area contributed by atoms with Gasteiger partial charge in [0.1, 0.15) is 5.65 Å². The van der Waals surface area contributed by atoms with Crippen molar-refractivity contribution in [2.24, 2.45) is 0 Å². The zero-order valence-electron chi connectivity index (χ0n) is 12.0. The summed E-state index contributed by atoms with van der Waals surface area (Å²) in [4.78, 5) is 45.9. The molecule has 7 nitrogen and oxygen atoms in total. The number of nitrogens with zero attached hydrogens (tertiary/aromatic N) is 3. The van der Waals surface area contributed by atoms with Gasteiger partial charge in [-0.25, -0.2) is 9.78 Å². The van der Waals surface area contributed by atoms with Crippen LogP contribution in [-0.4, -0.2) is 32.2 Å². The molecule has 1 aliphatic rings. The molecule has 118 valence electrons. The van der Waals surface area contributed by atoms with Crippen molar-refractivity contribution in [3.05, 3.63) is 70.6 Å². The van der Waals surface area contributed by atoms with Crippen molar-refractivity contribution in [2.45, 2.75) is 0 Å². The molecule has 0 saturated carbocycles. The highest BCUT2D eigenvalue weighted by Gasteiger charge is 2.39. The maximum Gasteiger partial charge on any atom is 0.383 e. The number of carbonyl (C=O) groups is 3. The van der Waals surface area contributed by atoms with E-state index in [1.54, 1.807) is 36.5 Å². The first-order valence-electron chi connectivity index (χ1n) is 6.90. The molecule has 2 amide bonds. The highest BCUT2D eigenvalue weighted by Crippen LogP contribution is 2.25. The van der Waals surface area contributed by atoms with E-state index in [1.165, 1.54) is 16.5 Å². The fourth-order valence-corrected chi connectivity index (χ4v) is 2.78. The van der Waals surface area contributed by atoms with E-state index in [-0.39, 0.29) is 22.0 Å². The Morgan fingerprint density at radius 2 is 1.62 bits per heavy atom. The van der Waals surface area contributed by atoms with Gasteiger partial charge in [-0.05, 0) is 24.3 Å². The summed E-state index contributed by atoms with van der Waals surface area (Å²) >= 11 is 5.99. The summed E-state index contributed by atoms with van der Waals surface area (Å²) in [5, 5.41) is 0.355. The molecular weight excluding hydrogens is 334 g/mol. The summed E-state index contributed by atoms with van der Waals surface area (Å²) in [6.45, 7) is 0. The highest BCUT2D eigenvalue weighted by atomic mass is 35.5. The third-order valence-corrected chi connectivity index (χ3v) is 3.88. The lowest BCUT2D eigenvalue weighted by Crippen LogP contribution is -2.33. The van der Waals surface area contributed by atoms with Crippen molar-refractivity contribution in [1.29, 1.82) is 0 Å². The van der Waals surface area contributed by atoms with Crippen LogP contribution in [-0.2, 0) is 4.84 Å². The fraction of sp³-hybridized carbons (Fsp3) is 0. The van der Waals surface area contributed by atoms with Gasteiger partial charge >= 0.3 is 5.97 Å². The van der Waals surface area contributed by atoms with E-state index in [1.807, 2.05) is 0 Å². The van der Waals surface area contributed by atoms with E-state index < -0.39 is 17.8 Å². The number of hydrogen-bond donors (Lipinski definition) is 0. The van der Waals surface area contributed by atoms with E-state index >= 15 is 0 Å². The third-order valence-electron chi connectivity index (χ3n) is 3.61. The lowest BCUT2D eigenvalue weighted by Gasteiger charge is -2.12. The van der Waals surface area contributed by atoms with Crippen molar-refractivity contribution in [1.82, 2.24) is 14.4 Å². The van der Waals surface area contributed by atoms with Gasteiger partial charge in [0.05, 0.1) is 11.1 Å². The molecule has 8 heteroatoms. The predicted molar refractivity (Wildman–Crippen MR) is 82.6 cm³/mol. The average molecular weight is 342 g/mol. The van der Waals surface area contributed by atoms with Crippen molar-refractivity contribution in [2.75, 3.05) is 0 Å². The van der Waals surface area contributed by atoms with Gasteiger partial charge in [-0.1, -0.05) is 34.9 Å². The third kappa shape index (κ3) is 1.99. The number of rotatable bonds is 2. The van der Waals surface area contributed by atoms with E-state index in [9.17, 15) is 14.4 Å². The number of pyridine rings is 1. The molecule has 1 aliphatic heterocycles. The molecule has 0 fully saturated rings. The number of amides is 2. The van der Waals surface area contributed by atoms with Crippen LogP contribution in [0.5, 0.6) is 0 Å². The van der Waals surface area contributed by atoms with Gasteiger partial charge in [0.2, 0.25) is 0 Å². The first-order chi connectivity index (χ1) is 11.6. The van der Waals surface area contributed by atoms with Gasteiger partial charge in [0.25, 0.3) is 11.8 Å². The fourth-order valence-electron chi connectivity index (χ4n) is 2.53. The second kappa shape index (κ2) is 5.17. The van der Waals surface area contributed by atoms with Crippen LogP contribution in [0.4, 0.5) is 0 Å². The summed E-state index contributed by atoms with van der Waals surface area (Å²) < 4.78 is 1.42. The lowest BCUT2D eigenvalue weighted by molar-refractivity contribution is -0.0589. The highest BCUT2D eigenvalue weighted by molar-refractivity contribution is 6.32. The van der Waals surface area contributed by atoms with Gasteiger partial charge in [-0.3, -0.25) is 14.0 Å². The number of hydrogen-bond acceptors (Lipinski definition) is 5. The Labute approximate surface area is 140 Å². The Morgan fingerprint density at radius 1 is 1.00 bits per heavy atom. The molecule has 24 heavy (non-hydrogen) atoms. The summed E-state index contributed by atoms with van der Waals surface area (Å²) in [5.41, 5.74) is 0.736. The van der Waals surface area contributed by atoms with Gasteiger partial charge in [0.15, 0.2) is 10.8 Å². The maximum absolute atomic E-state index is 12.4. The SMILES string of the molecule is O=C(ON1C(=O)c2ccccc2C1=O)c1c(Cl)nc2ccccn12. The Balaban J connectivity index is 1.69. The lowest BCUT2D eigenvalue weighted by atomic mass is 10.1. The Morgan fingerprint density at radius 3 is 2.29 bits per heavy atom. The Hall–Kier alpha value is -3.19. The first-order valence-corrected chi connectivity index (χ1v) is 7.28. The molecule has 0 spiro atoms.